The second-order valence-corrected chi connectivity index (χ2v) is 5.66. The van der Waals surface area contributed by atoms with Crippen LogP contribution in [0.3, 0.4) is 0 Å². The molecule has 0 N–H and O–H groups in total. The molecule has 0 spiro atoms. The molecule has 0 radical (unpaired) electrons. The lowest BCUT2D eigenvalue weighted by molar-refractivity contribution is 1.32. The minimum absolute atomic E-state index is 0.350. The number of benzene rings is 2. The third kappa shape index (κ3) is 2.91. The molecule has 0 saturated heterocycles. The first-order valence-electron chi connectivity index (χ1n) is 6.33. The molecule has 4 heteroatoms. The van der Waals surface area contributed by atoms with Crippen LogP contribution in [0.2, 0.25) is 15.1 Å². The van der Waals surface area contributed by atoms with E-state index >= 15 is 0 Å². The van der Waals surface area contributed by atoms with Gasteiger partial charge < -0.3 is 0 Å². The number of halogens is 3. The molecular formula is C17H10Cl3N. The van der Waals surface area contributed by atoms with E-state index in [1.54, 1.807) is 6.07 Å². The quantitative estimate of drug-likeness (QED) is 0.496. The van der Waals surface area contributed by atoms with Crippen molar-refractivity contribution in [3.05, 3.63) is 75.7 Å². The van der Waals surface area contributed by atoms with Crippen LogP contribution >= 0.6 is 34.8 Å². The summed E-state index contributed by atoms with van der Waals surface area (Å²) < 4.78 is 0. The van der Waals surface area contributed by atoms with Gasteiger partial charge in [0.25, 0.3) is 0 Å². The molecule has 0 amide bonds. The zero-order valence-electron chi connectivity index (χ0n) is 10.9. The van der Waals surface area contributed by atoms with Gasteiger partial charge in [-0.05, 0) is 24.3 Å². The molecule has 0 saturated carbocycles. The summed E-state index contributed by atoms with van der Waals surface area (Å²) in [5.41, 5.74) is 3.47. The summed E-state index contributed by atoms with van der Waals surface area (Å²) in [5, 5.41) is 1.20. The molecule has 3 rings (SSSR count). The highest BCUT2D eigenvalue weighted by Crippen LogP contribution is 2.37. The van der Waals surface area contributed by atoms with E-state index < -0.39 is 0 Å². The molecule has 1 aromatic heterocycles. The fourth-order valence-electron chi connectivity index (χ4n) is 2.08. The maximum absolute atomic E-state index is 6.27. The largest absolute Gasteiger partial charge is 0.248 e. The number of rotatable bonds is 2. The van der Waals surface area contributed by atoms with Crippen molar-refractivity contribution in [2.75, 3.05) is 0 Å². The molecule has 1 nitrogen and oxygen atoms in total. The van der Waals surface area contributed by atoms with E-state index in [1.165, 1.54) is 0 Å². The van der Waals surface area contributed by atoms with E-state index in [9.17, 15) is 0 Å². The molecule has 0 unspecified atom stereocenters. The summed E-state index contributed by atoms with van der Waals surface area (Å²) in [7, 11) is 0. The number of pyridine rings is 1. The van der Waals surface area contributed by atoms with Gasteiger partial charge in [0.15, 0.2) is 0 Å². The highest BCUT2D eigenvalue weighted by atomic mass is 35.5. The van der Waals surface area contributed by atoms with Gasteiger partial charge in [-0.15, -0.1) is 0 Å². The average molecular weight is 335 g/mol. The van der Waals surface area contributed by atoms with E-state index in [0.717, 1.165) is 22.5 Å². The Bertz CT molecular complexity index is 785. The van der Waals surface area contributed by atoms with Gasteiger partial charge >= 0.3 is 0 Å². The minimum Gasteiger partial charge on any atom is -0.248 e. The Hall–Kier alpha value is -1.54. The Labute approximate surface area is 138 Å². The summed E-state index contributed by atoms with van der Waals surface area (Å²) >= 11 is 18.3. The fourth-order valence-corrected chi connectivity index (χ4v) is 2.71. The zero-order chi connectivity index (χ0) is 14.8. The van der Waals surface area contributed by atoms with Gasteiger partial charge in [-0.3, -0.25) is 0 Å². The van der Waals surface area contributed by atoms with Crippen LogP contribution in [0, 0.1) is 0 Å². The van der Waals surface area contributed by atoms with Gasteiger partial charge in [-0.25, -0.2) is 4.98 Å². The van der Waals surface area contributed by atoms with Crippen LogP contribution in [-0.4, -0.2) is 4.98 Å². The Morgan fingerprint density at radius 1 is 0.619 bits per heavy atom. The van der Waals surface area contributed by atoms with E-state index in [2.05, 4.69) is 4.98 Å². The topological polar surface area (TPSA) is 12.9 Å². The van der Waals surface area contributed by atoms with Gasteiger partial charge in [-0.2, -0.15) is 0 Å². The SMILES string of the molecule is Clc1ccc(-c2cccc(-c3ccccc3)n2)c(Cl)c1Cl. The standard InChI is InChI=1S/C17H10Cl3N/c18-13-10-9-12(16(19)17(13)20)15-8-4-7-14(21-15)11-5-2-1-3-6-11/h1-10H. The normalized spacial score (nSPS) is 10.6. The van der Waals surface area contributed by atoms with E-state index in [0.29, 0.717) is 15.1 Å². The fraction of sp³-hybridized carbons (Fsp3) is 0. The second kappa shape index (κ2) is 6.07. The summed E-state index contributed by atoms with van der Waals surface area (Å²) in [4.78, 5) is 4.66. The van der Waals surface area contributed by atoms with Crippen molar-refractivity contribution >= 4 is 34.8 Å². The van der Waals surface area contributed by atoms with Crippen LogP contribution in [-0.2, 0) is 0 Å². The number of hydrogen-bond donors (Lipinski definition) is 0. The second-order valence-electron chi connectivity index (χ2n) is 4.50. The highest BCUT2D eigenvalue weighted by molar-refractivity contribution is 6.49. The summed E-state index contributed by atoms with van der Waals surface area (Å²) in [6.07, 6.45) is 0. The lowest BCUT2D eigenvalue weighted by Gasteiger charge is -2.08. The van der Waals surface area contributed by atoms with Gasteiger partial charge in [0.2, 0.25) is 0 Å². The molecule has 0 aliphatic carbocycles. The third-order valence-corrected chi connectivity index (χ3v) is 4.42. The molecule has 0 fully saturated rings. The summed E-state index contributed by atoms with van der Waals surface area (Å²) in [6.45, 7) is 0. The van der Waals surface area contributed by atoms with Crippen molar-refractivity contribution < 1.29 is 0 Å². The minimum atomic E-state index is 0.350. The van der Waals surface area contributed by atoms with Crippen molar-refractivity contribution in [2.45, 2.75) is 0 Å². The number of nitrogens with zero attached hydrogens (tertiary/aromatic N) is 1. The molecular weight excluding hydrogens is 325 g/mol. The smallest absolute Gasteiger partial charge is 0.0785 e. The first-order chi connectivity index (χ1) is 10.2. The Kier molecular flexibility index (Phi) is 4.16. The van der Waals surface area contributed by atoms with Gasteiger partial charge in [0, 0.05) is 11.1 Å². The van der Waals surface area contributed by atoms with Gasteiger partial charge in [0.05, 0.1) is 26.5 Å². The van der Waals surface area contributed by atoms with E-state index in [4.69, 9.17) is 34.8 Å². The third-order valence-electron chi connectivity index (χ3n) is 3.13. The Morgan fingerprint density at radius 3 is 2.10 bits per heavy atom. The summed E-state index contributed by atoms with van der Waals surface area (Å²) in [5.74, 6) is 0. The van der Waals surface area contributed by atoms with Crippen molar-refractivity contribution in [1.29, 1.82) is 0 Å². The van der Waals surface area contributed by atoms with Crippen LogP contribution in [0.25, 0.3) is 22.5 Å². The molecule has 21 heavy (non-hydrogen) atoms. The monoisotopic (exact) mass is 333 g/mol. The Balaban J connectivity index is 2.11. The van der Waals surface area contributed by atoms with Gasteiger partial charge in [-0.1, -0.05) is 71.2 Å². The number of aromatic nitrogens is 1. The molecule has 0 atom stereocenters. The molecule has 3 aromatic rings. The van der Waals surface area contributed by atoms with E-state index in [-0.39, 0.29) is 0 Å². The molecule has 1 heterocycles. The first-order valence-corrected chi connectivity index (χ1v) is 7.46. The maximum Gasteiger partial charge on any atom is 0.0785 e. The van der Waals surface area contributed by atoms with Crippen molar-refractivity contribution in [2.24, 2.45) is 0 Å². The zero-order valence-corrected chi connectivity index (χ0v) is 13.1. The van der Waals surface area contributed by atoms with Crippen LogP contribution in [0.4, 0.5) is 0 Å². The van der Waals surface area contributed by atoms with Gasteiger partial charge in [0.1, 0.15) is 0 Å². The van der Waals surface area contributed by atoms with Crippen molar-refractivity contribution in [3.63, 3.8) is 0 Å². The number of hydrogen-bond acceptors (Lipinski definition) is 1. The molecule has 104 valence electrons. The molecule has 0 bridgehead atoms. The van der Waals surface area contributed by atoms with E-state index in [1.807, 2.05) is 54.6 Å². The van der Waals surface area contributed by atoms with Crippen molar-refractivity contribution in [1.82, 2.24) is 4.98 Å². The molecule has 2 aromatic carbocycles. The predicted octanol–water partition coefficient (Wildman–Crippen LogP) is 6.38. The Morgan fingerprint density at radius 2 is 1.33 bits per heavy atom. The predicted molar refractivity (Wildman–Crippen MR) is 90.1 cm³/mol. The summed E-state index contributed by atoms with van der Waals surface area (Å²) in [6, 6.07) is 19.3. The molecule has 0 aliphatic rings. The molecule has 0 aliphatic heterocycles. The maximum atomic E-state index is 6.27. The first kappa shape index (κ1) is 14.4. The van der Waals surface area contributed by atoms with Crippen molar-refractivity contribution in [3.8, 4) is 22.5 Å². The van der Waals surface area contributed by atoms with Crippen LogP contribution in [0.15, 0.2) is 60.7 Å². The average Bonchev–Trinajstić information content (AvgIpc) is 2.54. The lowest BCUT2D eigenvalue weighted by atomic mass is 10.1. The highest BCUT2D eigenvalue weighted by Gasteiger charge is 2.12. The lowest BCUT2D eigenvalue weighted by Crippen LogP contribution is -1.89. The van der Waals surface area contributed by atoms with Crippen LogP contribution < -0.4 is 0 Å². The van der Waals surface area contributed by atoms with Crippen LogP contribution in [0.5, 0.6) is 0 Å². The van der Waals surface area contributed by atoms with Crippen LogP contribution in [0.1, 0.15) is 0 Å².